The van der Waals surface area contributed by atoms with Gasteiger partial charge in [0, 0.05) is 12.7 Å². The molecule has 0 saturated carbocycles. The molecule has 3 rings (SSSR count). The van der Waals surface area contributed by atoms with Gasteiger partial charge < -0.3 is 9.47 Å². The van der Waals surface area contributed by atoms with Crippen LogP contribution >= 0.6 is 0 Å². The van der Waals surface area contributed by atoms with Crippen LogP contribution < -0.4 is 4.31 Å². The summed E-state index contributed by atoms with van der Waals surface area (Å²) >= 11 is 0. The van der Waals surface area contributed by atoms with Crippen molar-refractivity contribution >= 4 is 23.8 Å². The first-order valence-corrected chi connectivity index (χ1v) is 16.1. The molecule has 2 aromatic rings. The van der Waals surface area contributed by atoms with Gasteiger partial charge in [-0.15, -0.1) is 5.54 Å². The van der Waals surface area contributed by atoms with Crippen LogP contribution in [0.5, 0.6) is 0 Å². The fourth-order valence-electron chi connectivity index (χ4n) is 3.15. The van der Waals surface area contributed by atoms with Gasteiger partial charge in [0.05, 0.1) is 16.1 Å². The molecule has 0 radical (unpaired) electrons. The summed E-state index contributed by atoms with van der Waals surface area (Å²) in [5.74, 6) is 6.07. The first kappa shape index (κ1) is 25.1. The number of rotatable bonds is 5. The van der Waals surface area contributed by atoms with Crippen LogP contribution in [0.25, 0.3) is 0 Å². The maximum absolute atomic E-state index is 13.6. The molecule has 0 N–H and O–H groups in total. The van der Waals surface area contributed by atoms with E-state index < -0.39 is 18.1 Å². The fraction of sp³-hybridized carbons (Fsp3) is 0.385. The highest BCUT2D eigenvalue weighted by Gasteiger charge is 2.26. The predicted octanol–water partition coefficient (Wildman–Crippen LogP) is 4.92. The number of ether oxygens (including phenoxy) is 2. The number of anilines is 1. The minimum atomic E-state index is -3.90. The first-order valence-electron chi connectivity index (χ1n) is 11.1. The van der Waals surface area contributed by atoms with Gasteiger partial charge in [-0.3, -0.25) is 0 Å². The Morgan fingerprint density at radius 1 is 1.09 bits per heavy atom. The van der Waals surface area contributed by atoms with E-state index in [1.54, 1.807) is 42.5 Å². The van der Waals surface area contributed by atoms with E-state index in [1.165, 1.54) is 4.31 Å². The Balaban J connectivity index is 1.95. The zero-order valence-electron chi connectivity index (χ0n) is 19.7. The van der Waals surface area contributed by atoms with Crippen LogP contribution in [-0.2, 0) is 19.5 Å². The Labute approximate surface area is 199 Å². The summed E-state index contributed by atoms with van der Waals surface area (Å²) in [6.45, 7) is 9.07. The van der Waals surface area contributed by atoms with Crippen molar-refractivity contribution in [1.82, 2.24) is 0 Å². The minimum absolute atomic E-state index is 0.193. The molecule has 174 valence electrons. The fourth-order valence-corrected chi connectivity index (χ4v) is 4.95. The van der Waals surface area contributed by atoms with E-state index in [4.69, 9.17) is 9.47 Å². The van der Waals surface area contributed by atoms with Gasteiger partial charge in [0.1, 0.15) is 14.7 Å². The van der Waals surface area contributed by atoms with Crippen molar-refractivity contribution in [3.63, 3.8) is 0 Å². The molecule has 1 unspecified atom stereocenters. The molecule has 2 aromatic carbocycles. The monoisotopic (exact) mass is 481 g/mol. The lowest BCUT2D eigenvalue weighted by Gasteiger charge is -2.21. The van der Waals surface area contributed by atoms with Crippen LogP contribution in [0.15, 0.2) is 53.4 Å². The standard InChI is InChI=1S/C26H31NO4SSi/c1-22-14-16-24(17-15-22)32(28,29)27(18-21-33(2,3)4)25-12-6-5-10-23(25)11-9-20-31-26-13-7-8-19-30-26/h5-6,10,12,14-17,26H,7-8,13,19-20H2,1-4H3. The molecule has 5 nitrogen and oxygen atoms in total. The molecule has 0 bridgehead atoms. The average Bonchev–Trinajstić information content (AvgIpc) is 2.78. The number of nitrogens with zero attached hydrogens (tertiary/aromatic N) is 1. The summed E-state index contributed by atoms with van der Waals surface area (Å²) in [6, 6.07) is 16.9. The Hall–Kier alpha value is -2.55. The second-order valence-corrected chi connectivity index (χ2v) is 15.5. The van der Waals surface area contributed by atoms with Gasteiger partial charge in [0.15, 0.2) is 6.29 Å². The third kappa shape index (κ3) is 7.22. The lowest BCUT2D eigenvalue weighted by Crippen LogP contribution is -2.28. The number of benzene rings is 2. The number of sulfonamides is 1. The van der Waals surface area contributed by atoms with Gasteiger partial charge in [-0.2, -0.15) is 4.31 Å². The molecule has 33 heavy (non-hydrogen) atoms. The number of para-hydroxylation sites is 1. The third-order valence-electron chi connectivity index (χ3n) is 4.92. The van der Waals surface area contributed by atoms with Gasteiger partial charge in [0.2, 0.25) is 0 Å². The Morgan fingerprint density at radius 2 is 1.82 bits per heavy atom. The quantitative estimate of drug-likeness (QED) is 0.345. The SMILES string of the molecule is Cc1ccc(S(=O)(=O)N(C#C[Si](C)(C)C)c2ccccc2C#CCOC2CCCCO2)cc1. The molecular formula is C26H31NO4SSi. The second-order valence-electron chi connectivity index (χ2n) is 9.00. The largest absolute Gasteiger partial charge is 0.353 e. The smallest absolute Gasteiger partial charge is 0.275 e. The highest BCUT2D eigenvalue weighted by molar-refractivity contribution is 7.93. The minimum Gasteiger partial charge on any atom is -0.353 e. The molecule has 1 heterocycles. The van der Waals surface area contributed by atoms with Crippen LogP contribution in [0.2, 0.25) is 19.6 Å². The highest BCUT2D eigenvalue weighted by atomic mass is 32.2. The van der Waals surface area contributed by atoms with E-state index in [-0.39, 0.29) is 17.8 Å². The lowest BCUT2D eigenvalue weighted by molar-refractivity contribution is -0.154. The van der Waals surface area contributed by atoms with Crippen molar-refractivity contribution in [2.45, 2.75) is 57.0 Å². The van der Waals surface area contributed by atoms with E-state index in [9.17, 15) is 8.42 Å². The Bertz CT molecular complexity index is 1170. The summed E-state index contributed by atoms with van der Waals surface area (Å²) in [5.41, 5.74) is 5.19. The van der Waals surface area contributed by atoms with Crippen molar-refractivity contribution in [3.05, 3.63) is 59.7 Å². The van der Waals surface area contributed by atoms with Gasteiger partial charge in [-0.25, -0.2) is 8.42 Å². The van der Waals surface area contributed by atoms with Crippen LogP contribution in [0.3, 0.4) is 0 Å². The molecule has 0 spiro atoms. The number of hydrogen-bond donors (Lipinski definition) is 0. The molecule has 7 heteroatoms. The molecule has 0 aliphatic carbocycles. The molecule has 1 atom stereocenters. The van der Waals surface area contributed by atoms with Gasteiger partial charge in [-0.1, -0.05) is 61.3 Å². The van der Waals surface area contributed by atoms with Crippen molar-refractivity contribution in [1.29, 1.82) is 0 Å². The Morgan fingerprint density at radius 3 is 2.48 bits per heavy atom. The van der Waals surface area contributed by atoms with Gasteiger partial charge in [-0.05, 0) is 50.5 Å². The summed E-state index contributed by atoms with van der Waals surface area (Å²) in [4.78, 5) is 0.193. The van der Waals surface area contributed by atoms with E-state index >= 15 is 0 Å². The third-order valence-corrected chi connectivity index (χ3v) is 7.42. The van der Waals surface area contributed by atoms with Crippen molar-refractivity contribution in [2.75, 3.05) is 17.5 Å². The summed E-state index contributed by atoms with van der Waals surface area (Å²) in [7, 11) is -5.75. The second kappa shape index (κ2) is 11.0. The molecular weight excluding hydrogens is 450 g/mol. The lowest BCUT2D eigenvalue weighted by atomic mass is 10.2. The molecule has 0 aromatic heterocycles. The van der Waals surface area contributed by atoms with E-state index in [2.05, 4.69) is 43.1 Å². The number of aryl methyl sites for hydroxylation is 1. The molecule has 1 fully saturated rings. The zero-order valence-corrected chi connectivity index (χ0v) is 21.5. The summed E-state index contributed by atoms with van der Waals surface area (Å²) < 4.78 is 39.6. The topological polar surface area (TPSA) is 55.8 Å². The summed E-state index contributed by atoms with van der Waals surface area (Å²) in [5, 5.41) is 0. The molecule has 0 amide bonds. The Kier molecular flexibility index (Phi) is 8.39. The predicted molar refractivity (Wildman–Crippen MR) is 135 cm³/mol. The van der Waals surface area contributed by atoms with Crippen molar-refractivity contribution in [3.8, 4) is 23.4 Å². The average molecular weight is 482 g/mol. The summed E-state index contributed by atoms with van der Waals surface area (Å²) in [6.07, 6.45) is 2.79. The van der Waals surface area contributed by atoms with E-state index in [0.29, 0.717) is 17.9 Å². The first-order chi connectivity index (χ1) is 15.7. The maximum atomic E-state index is 13.6. The van der Waals surface area contributed by atoms with Crippen molar-refractivity contribution in [2.24, 2.45) is 0 Å². The van der Waals surface area contributed by atoms with E-state index in [1.807, 2.05) is 13.0 Å². The van der Waals surface area contributed by atoms with Crippen LogP contribution in [0.1, 0.15) is 30.4 Å². The van der Waals surface area contributed by atoms with E-state index in [0.717, 1.165) is 24.8 Å². The maximum Gasteiger partial charge on any atom is 0.275 e. The van der Waals surface area contributed by atoms with Crippen LogP contribution in [-0.4, -0.2) is 36.0 Å². The van der Waals surface area contributed by atoms with Crippen molar-refractivity contribution < 1.29 is 17.9 Å². The highest BCUT2D eigenvalue weighted by Crippen LogP contribution is 2.26. The molecule has 1 saturated heterocycles. The molecule has 1 aliphatic rings. The van der Waals surface area contributed by atoms with Crippen LogP contribution in [0, 0.1) is 30.4 Å². The molecule has 1 aliphatic heterocycles. The normalized spacial score (nSPS) is 16.2. The zero-order chi connectivity index (χ0) is 23.9. The van der Waals surface area contributed by atoms with Gasteiger partial charge in [0.25, 0.3) is 10.0 Å². The van der Waals surface area contributed by atoms with Crippen LogP contribution in [0.4, 0.5) is 5.69 Å². The van der Waals surface area contributed by atoms with Gasteiger partial charge >= 0.3 is 0 Å². The number of hydrogen-bond acceptors (Lipinski definition) is 4.